The molecule has 5 heteroatoms. The van der Waals surface area contributed by atoms with Crippen LogP contribution in [0.3, 0.4) is 0 Å². The van der Waals surface area contributed by atoms with Crippen molar-refractivity contribution in [2.24, 2.45) is 5.73 Å². The molecule has 0 aliphatic rings. The summed E-state index contributed by atoms with van der Waals surface area (Å²) in [6.07, 6.45) is 1.73. The van der Waals surface area contributed by atoms with E-state index in [0.29, 0.717) is 6.54 Å². The number of nitrogens with one attached hydrogen (secondary N) is 1. The fourth-order valence-corrected chi connectivity index (χ4v) is 1.40. The molecule has 0 atom stereocenters. The second kappa shape index (κ2) is 3.34. The zero-order valence-electron chi connectivity index (χ0n) is 6.13. The van der Waals surface area contributed by atoms with Gasteiger partial charge in [-0.2, -0.15) is 0 Å². The normalized spacial score (nSPS) is 9.55. The molecule has 1 rings (SSSR count). The van der Waals surface area contributed by atoms with Crippen LogP contribution in [0, 0.1) is 6.92 Å². The zero-order chi connectivity index (χ0) is 8.27. The lowest BCUT2D eigenvalue weighted by Gasteiger charge is -1.95. The molecule has 0 saturated carbocycles. The van der Waals surface area contributed by atoms with Crippen LogP contribution < -0.4 is 11.1 Å². The Morgan fingerprint density at radius 2 is 2.64 bits per heavy atom. The van der Waals surface area contributed by atoms with E-state index in [2.05, 4.69) is 10.3 Å². The summed E-state index contributed by atoms with van der Waals surface area (Å²) in [5.41, 5.74) is 4.88. The zero-order valence-corrected chi connectivity index (χ0v) is 6.94. The molecule has 2 amide bonds. The van der Waals surface area contributed by atoms with Gasteiger partial charge >= 0.3 is 6.03 Å². The average Bonchev–Trinajstić information content (AvgIpc) is 2.31. The lowest BCUT2D eigenvalue weighted by atomic mass is 10.5. The van der Waals surface area contributed by atoms with Gasteiger partial charge in [0.15, 0.2) is 0 Å². The van der Waals surface area contributed by atoms with E-state index in [1.807, 2.05) is 6.92 Å². The maximum atomic E-state index is 10.3. The predicted octanol–water partition coefficient (Wildman–Crippen LogP) is 0.620. The van der Waals surface area contributed by atoms with Crippen LogP contribution in [0.25, 0.3) is 0 Å². The first-order valence-electron chi connectivity index (χ1n) is 3.13. The fraction of sp³-hybridized carbons (Fsp3) is 0.333. The Labute approximate surface area is 68.4 Å². The van der Waals surface area contributed by atoms with Crippen LogP contribution in [-0.2, 0) is 6.54 Å². The first-order valence-corrected chi connectivity index (χ1v) is 3.95. The van der Waals surface area contributed by atoms with Crippen LogP contribution in [0.4, 0.5) is 4.79 Å². The lowest BCUT2D eigenvalue weighted by Crippen LogP contribution is -2.28. The van der Waals surface area contributed by atoms with E-state index >= 15 is 0 Å². The number of aryl methyl sites for hydroxylation is 1. The number of urea groups is 1. The Morgan fingerprint density at radius 1 is 1.91 bits per heavy atom. The first-order chi connectivity index (χ1) is 5.18. The largest absolute Gasteiger partial charge is 0.352 e. The van der Waals surface area contributed by atoms with Crippen molar-refractivity contribution < 1.29 is 4.79 Å². The number of carbonyl (C=O) groups is 1. The van der Waals surface area contributed by atoms with Gasteiger partial charge in [-0.3, -0.25) is 0 Å². The van der Waals surface area contributed by atoms with Crippen molar-refractivity contribution in [1.29, 1.82) is 0 Å². The molecule has 0 bridgehead atoms. The molecule has 0 unspecified atom stereocenters. The molecule has 0 spiro atoms. The van der Waals surface area contributed by atoms with Crippen molar-refractivity contribution in [2.45, 2.75) is 13.5 Å². The minimum atomic E-state index is -0.504. The smallest absolute Gasteiger partial charge is 0.312 e. The molecule has 1 aromatic rings. The van der Waals surface area contributed by atoms with Gasteiger partial charge in [-0.15, -0.1) is 11.3 Å². The fourth-order valence-electron chi connectivity index (χ4n) is 0.661. The maximum absolute atomic E-state index is 10.3. The topological polar surface area (TPSA) is 68.0 Å². The second-order valence-corrected chi connectivity index (χ2v) is 3.38. The van der Waals surface area contributed by atoms with E-state index in [1.165, 1.54) is 0 Å². The Morgan fingerprint density at radius 3 is 3.09 bits per heavy atom. The summed E-state index contributed by atoms with van der Waals surface area (Å²) in [6.45, 7) is 2.39. The van der Waals surface area contributed by atoms with Gasteiger partial charge < -0.3 is 11.1 Å². The minimum absolute atomic E-state index is 0.473. The Balaban J connectivity index is 2.45. The molecule has 60 valence electrons. The lowest BCUT2D eigenvalue weighted by molar-refractivity contribution is 0.248. The molecule has 0 aromatic carbocycles. The van der Waals surface area contributed by atoms with Gasteiger partial charge in [-0.1, -0.05) is 0 Å². The van der Waals surface area contributed by atoms with Crippen LogP contribution in [0.2, 0.25) is 0 Å². The molecule has 0 aliphatic heterocycles. The van der Waals surface area contributed by atoms with Gasteiger partial charge in [0.25, 0.3) is 0 Å². The van der Waals surface area contributed by atoms with Crippen LogP contribution in [0.5, 0.6) is 0 Å². The molecule has 0 saturated heterocycles. The monoisotopic (exact) mass is 171 g/mol. The number of carbonyl (C=O) groups excluding carboxylic acids is 1. The molecule has 1 aromatic heterocycles. The Bertz CT molecular complexity index is 258. The number of amides is 2. The number of primary amides is 1. The maximum Gasteiger partial charge on any atom is 0.312 e. The number of nitrogens with zero attached hydrogens (tertiary/aromatic N) is 1. The quantitative estimate of drug-likeness (QED) is 0.685. The van der Waals surface area contributed by atoms with E-state index < -0.39 is 6.03 Å². The van der Waals surface area contributed by atoms with Gasteiger partial charge in [-0.05, 0) is 6.92 Å². The van der Waals surface area contributed by atoms with Crippen molar-refractivity contribution in [2.75, 3.05) is 0 Å². The number of thiazole rings is 1. The molecule has 1 heterocycles. The summed E-state index contributed by atoms with van der Waals surface area (Å²) < 4.78 is 0. The SMILES string of the molecule is Cc1ncc(CNC(N)=O)s1. The third-order valence-corrected chi connectivity index (χ3v) is 2.02. The Kier molecular flexibility index (Phi) is 2.43. The number of nitrogens with two attached hydrogens (primary N) is 1. The average molecular weight is 171 g/mol. The highest BCUT2D eigenvalue weighted by atomic mass is 32.1. The summed E-state index contributed by atoms with van der Waals surface area (Å²) in [5.74, 6) is 0. The van der Waals surface area contributed by atoms with Crippen LogP contribution in [0.1, 0.15) is 9.88 Å². The number of hydrogen-bond acceptors (Lipinski definition) is 3. The number of rotatable bonds is 2. The van der Waals surface area contributed by atoms with E-state index in [-0.39, 0.29) is 0 Å². The van der Waals surface area contributed by atoms with Gasteiger partial charge in [-0.25, -0.2) is 9.78 Å². The van der Waals surface area contributed by atoms with E-state index in [9.17, 15) is 4.79 Å². The molecule has 0 radical (unpaired) electrons. The van der Waals surface area contributed by atoms with Gasteiger partial charge in [0.1, 0.15) is 0 Å². The van der Waals surface area contributed by atoms with Crippen LogP contribution >= 0.6 is 11.3 Å². The first kappa shape index (κ1) is 8.00. The summed E-state index contributed by atoms with van der Waals surface area (Å²) in [7, 11) is 0. The molecule has 11 heavy (non-hydrogen) atoms. The van der Waals surface area contributed by atoms with E-state index in [0.717, 1.165) is 9.88 Å². The molecule has 4 nitrogen and oxygen atoms in total. The third kappa shape index (κ3) is 2.55. The summed E-state index contributed by atoms with van der Waals surface area (Å²) in [5, 5.41) is 3.48. The van der Waals surface area contributed by atoms with Crippen molar-refractivity contribution in [3.63, 3.8) is 0 Å². The van der Waals surface area contributed by atoms with Gasteiger partial charge in [0.2, 0.25) is 0 Å². The second-order valence-electron chi connectivity index (χ2n) is 2.06. The molecule has 0 fully saturated rings. The summed E-state index contributed by atoms with van der Waals surface area (Å²) in [4.78, 5) is 15.3. The summed E-state index contributed by atoms with van der Waals surface area (Å²) in [6, 6.07) is -0.504. The standard InChI is InChI=1S/C6H9N3OS/c1-4-8-2-5(11-4)3-9-6(7)10/h2H,3H2,1H3,(H3,7,9,10). The predicted molar refractivity (Wildman–Crippen MR) is 43.3 cm³/mol. The molecule has 0 aliphatic carbocycles. The van der Waals surface area contributed by atoms with Gasteiger partial charge in [0, 0.05) is 11.1 Å². The molecular weight excluding hydrogens is 162 g/mol. The number of hydrogen-bond donors (Lipinski definition) is 2. The van der Waals surface area contributed by atoms with Crippen LogP contribution in [-0.4, -0.2) is 11.0 Å². The van der Waals surface area contributed by atoms with Crippen molar-refractivity contribution in [3.05, 3.63) is 16.1 Å². The highest BCUT2D eigenvalue weighted by Gasteiger charge is 1.97. The number of aromatic nitrogens is 1. The van der Waals surface area contributed by atoms with Crippen molar-refractivity contribution in [1.82, 2.24) is 10.3 Å². The van der Waals surface area contributed by atoms with Gasteiger partial charge in [0.05, 0.1) is 11.6 Å². The van der Waals surface area contributed by atoms with Crippen LogP contribution in [0.15, 0.2) is 6.20 Å². The molecule has 3 N–H and O–H groups in total. The van der Waals surface area contributed by atoms with Crippen molar-refractivity contribution >= 4 is 17.4 Å². The van der Waals surface area contributed by atoms with Crippen molar-refractivity contribution in [3.8, 4) is 0 Å². The van der Waals surface area contributed by atoms with E-state index in [1.54, 1.807) is 17.5 Å². The molecular formula is C6H9N3OS. The third-order valence-electron chi connectivity index (χ3n) is 1.11. The van der Waals surface area contributed by atoms with E-state index in [4.69, 9.17) is 5.73 Å². The Hall–Kier alpha value is -1.10. The summed E-state index contributed by atoms with van der Waals surface area (Å²) >= 11 is 1.55. The minimum Gasteiger partial charge on any atom is -0.352 e. The highest BCUT2D eigenvalue weighted by Crippen LogP contribution is 2.10. The highest BCUT2D eigenvalue weighted by molar-refractivity contribution is 7.11.